The molecule has 1 aliphatic heterocycles. The van der Waals surface area contributed by atoms with E-state index < -0.39 is 0 Å². The molecule has 2 aromatic heterocycles. The Labute approximate surface area is 195 Å². The first-order valence-corrected chi connectivity index (χ1v) is 11.0. The highest BCUT2D eigenvalue weighted by atomic mass is 127. The minimum atomic E-state index is 0. The summed E-state index contributed by atoms with van der Waals surface area (Å²) in [7, 11) is 2.17. The molecule has 1 saturated heterocycles. The molecule has 160 valence electrons. The van der Waals surface area contributed by atoms with Gasteiger partial charge in [0.25, 0.3) is 0 Å². The maximum absolute atomic E-state index is 4.77. The molecule has 0 saturated carbocycles. The van der Waals surface area contributed by atoms with Crippen LogP contribution < -0.4 is 15.5 Å². The number of aliphatic imine (C=N–C) groups is 1. The number of aromatic nitrogens is 1. The van der Waals surface area contributed by atoms with Crippen molar-refractivity contribution in [1.29, 1.82) is 0 Å². The maximum Gasteiger partial charge on any atom is 0.191 e. The molecular weight excluding hydrogens is 495 g/mol. The molecule has 8 heteroatoms. The Bertz CT molecular complexity index is 770. The molecule has 3 rings (SSSR count). The Morgan fingerprint density at radius 3 is 2.55 bits per heavy atom. The topological polar surface area (TPSA) is 55.8 Å². The highest BCUT2D eigenvalue weighted by molar-refractivity contribution is 14.0. The zero-order chi connectivity index (χ0) is 19.8. The van der Waals surface area contributed by atoms with Crippen LogP contribution >= 0.6 is 35.3 Å². The Balaban J connectivity index is 0.00000300. The van der Waals surface area contributed by atoms with Gasteiger partial charge in [0.15, 0.2) is 5.96 Å². The molecule has 0 atom stereocenters. The van der Waals surface area contributed by atoms with E-state index in [0.717, 1.165) is 57.5 Å². The first-order valence-electron chi connectivity index (χ1n) is 10.2. The van der Waals surface area contributed by atoms with Crippen LogP contribution in [0.5, 0.6) is 0 Å². The molecule has 0 spiro atoms. The predicted molar refractivity (Wildman–Crippen MR) is 135 cm³/mol. The second kappa shape index (κ2) is 12.3. The predicted octanol–water partition coefficient (Wildman–Crippen LogP) is 3.33. The summed E-state index contributed by atoms with van der Waals surface area (Å²) in [6.45, 7) is 10.8. The summed E-state index contributed by atoms with van der Waals surface area (Å²) in [5.41, 5.74) is 1.19. The number of halogens is 1. The van der Waals surface area contributed by atoms with Crippen LogP contribution in [0, 0.1) is 0 Å². The molecule has 0 unspecified atom stereocenters. The van der Waals surface area contributed by atoms with Crippen molar-refractivity contribution < 1.29 is 0 Å². The quantitative estimate of drug-likeness (QED) is 0.328. The van der Waals surface area contributed by atoms with Gasteiger partial charge in [0.2, 0.25) is 0 Å². The van der Waals surface area contributed by atoms with Crippen molar-refractivity contribution in [1.82, 2.24) is 20.5 Å². The molecular formula is C21H33IN6S. The van der Waals surface area contributed by atoms with Gasteiger partial charge in [0.1, 0.15) is 5.82 Å². The van der Waals surface area contributed by atoms with Crippen LogP contribution in [0.1, 0.15) is 29.2 Å². The van der Waals surface area contributed by atoms with Crippen molar-refractivity contribution in [2.45, 2.75) is 33.4 Å². The Morgan fingerprint density at radius 2 is 1.86 bits per heavy atom. The molecule has 2 N–H and O–H groups in total. The van der Waals surface area contributed by atoms with E-state index in [9.17, 15) is 0 Å². The van der Waals surface area contributed by atoms with E-state index in [4.69, 9.17) is 4.99 Å². The number of piperazine rings is 1. The van der Waals surface area contributed by atoms with Gasteiger partial charge in [0.05, 0.1) is 13.1 Å². The normalized spacial score (nSPS) is 15.1. The van der Waals surface area contributed by atoms with Gasteiger partial charge in [-0.05, 0) is 50.2 Å². The van der Waals surface area contributed by atoms with Crippen LogP contribution in [-0.4, -0.2) is 55.6 Å². The molecule has 0 radical (unpaired) electrons. The van der Waals surface area contributed by atoms with Crippen molar-refractivity contribution in [3.05, 3.63) is 45.8 Å². The number of anilines is 1. The van der Waals surface area contributed by atoms with Crippen molar-refractivity contribution in [2.24, 2.45) is 4.99 Å². The lowest BCUT2D eigenvalue weighted by atomic mass is 10.2. The van der Waals surface area contributed by atoms with E-state index in [1.54, 1.807) is 0 Å². The number of rotatable bonds is 7. The summed E-state index contributed by atoms with van der Waals surface area (Å²) >= 11 is 1.86. The number of hydrogen-bond acceptors (Lipinski definition) is 5. The van der Waals surface area contributed by atoms with Crippen molar-refractivity contribution in [3.8, 4) is 0 Å². The summed E-state index contributed by atoms with van der Waals surface area (Å²) in [5, 5.41) is 6.78. The molecule has 29 heavy (non-hydrogen) atoms. The minimum absolute atomic E-state index is 0. The molecule has 2 aromatic rings. The van der Waals surface area contributed by atoms with Gasteiger partial charge in [0, 0.05) is 48.7 Å². The van der Waals surface area contributed by atoms with Gasteiger partial charge in [-0.15, -0.1) is 35.3 Å². The molecule has 0 amide bonds. The Morgan fingerprint density at radius 1 is 1.10 bits per heavy atom. The zero-order valence-electron chi connectivity index (χ0n) is 17.6. The van der Waals surface area contributed by atoms with E-state index in [2.05, 4.69) is 70.6 Å². The number of hydrogen-bond donors (Lipinski definition) is 2. The second-order valence-corrected chi connectivity index (χ2v) is 8.34. The van der Waals surface area contributed by atoms with E-state index in [1.807, 2.05) is 17.5 Å². The summed E-state index contributed by atoms with van der Waals surface area (Å²) < 4.78 is 0. The lowest BCUT2D eigenvalue weighted by Crippen LogP contribution is -2.44. The standard InChI is InChI=1S/C21H32N6S.HI/c1-4-18-6-7-19(28-18)16-25-21(22-5-2)24-15-17-8-9-23-20(14-17)27-12-10-26(3)11-13-27;/h6-9,14H,4-5,10-13,15-16H2,1-3H3,(H2,22,24,25);1H. The fraction of sp³-hybridized carbons (Fsp3) is 0.524. The Kier molecular flexibility index (Phi) is 10.2. The van der Waals surface area contributed by atoms with Crippen LogP contribution in [0.3, 0.4) is 0 Å². The highest BCUT2D eigenvalue weighted by Gasteiger charge is 2.15. The van der Waals surface area contributed by atoms with Crippen molar-refractivity contribution >= 4 is 47.1 Å². The molecule has 1 aliphatic rings. The van der Waals surface area contributed by atoms with Gasteiger partial charge in [-0.25, -0.2) is 9.98 Å². The molecule has 0 aromatic carbocycles. The van der Waals surface area contributed by atoms with E-state index in [-0.39, 0.29) is 24.0 Å². The number of nitrogens with one attached hydrogen (secondary N) is 2. The average molecular weight is 529 g/mol. The summed E-state index contributed by atoms with van der Waals surface area (Å²) in [6, 6.07) is 8.64. The molecule has 6 nitrogen and oxygen atoms in total. The highest BCUT2D eigenvalue weighted by Crippen LogP contribution is 2.17. The third-order valence-corrected chi connectivity index (χ3v) is 6.13. The van der Waals surface area contributed by atoms with Crippen molar-refractivity contribution in [3.63, 3.8) is 0 Å². The molecule has 0 aliphatic carbocycles. The smallest absolute Gasteiger partial charge is 0.191 e. The van der Waals surface area contributed by atoms with Crippen LogP contribution in [0.2, 0.25) is 0 Å². The zero-order valence-corrected chi connectivity index (χ0v) is 20.8. The number of pyridine rings is 1. The summed E-state index contributed by atoms with van der Waals surface area (Å²) in [6.07, 6.45) is 2.99. The largest absolute Gasteiger partial charge is 0.357 e. The van der Waals surface area contributed by atoms with E-state index in [0.29, 0.717) is 6.54 Å². The minimum Gasteiger partial charge on any atom is -0.357 e. The lowest BCUT2D eigenvalue weighted by molar-refractivity contribution is 0.312. The van der Waals surface area contributed by atoms with Gasteiger partial charge in [-0.2, -0.15) is 0 Å². The van der Waals surface area contributed by atoms with E-state index >= 15 is 0 Å². The average Bonchev–Trinajstić information content (AvgIpc) is 3.19. The lowest BCUT2D eigenvalue weighted by Gasteiger charge is -2.33. The Hall–Kier alpha value is -1.39. The number of aryl methyl sites for hydroxylation is 1. The summed E-state index contributed by atoms with van der Waals surface area (Å²) in [4.78, 5) is 16.8. The molecule has 0 bridgehead atoms. The first kappa shape index (κ1) is 23.9. The van der Waals surface area contributed by atoms with Crippen LogP contribution in [-0.2, 0) is 19.5 Å². The number of nitrogens with zero attached hydrogens (tertiary/aromatic N) is 4. The third-order valence-electron chi connectivity index (χ3n) is 4.90. The van der Waals surface area contributed by atoms with E-state index in [1.165, 1.54) is 15.3 Å². The van der Waals surface area contributed by atoms with Gasteiger partial charge in [-0.3, -0.25) is 0 Å². The van der Waals surface area contributed by atoms with Crippen LogP contribution in [0.15, 0.2) is 35.5 Å². The van der Waals surface area contributed by atoms with Crippen LogP contribution in [0.4, 0.5) is 5.82 Å². The summed E-state index contributed by atoms with van der Waals surface area (Å²) in [5.74, 6) is 1.91. The first-order chi connectivity index (χ1) is 13.7. The second-order valence-electron chi connectivity index (χ2n) is 7.08. The molecule has 1 fully saturated rings. The number of thiophene rings is 1. The maximum atomic E-state index is 4.77. The third kappa shape index (κ3) is 7.42. The number of guanidine groups is 1. The fourth-order valence-electron chi connectivity index (χ4n) is 3.16. The monoisotopic (exact) mass is 528 g/mol. The van der Waals surface area contributed by atoms with Gasteiger partial charge in [-0.1, -0.05) is 6.92 Å². The SMILES string of the molecule is CCNC(=NCc1ccnc(N2CCN(C)CC2)c1)NCc1ccc(CC)s1.I. The molecule has 3 heterocycles. The van der Waals surface area contributed by atoms with Crippen LogP contribution in [0.25, 0.3) is 0 Å². The van der Waals surface area contributed by atoms with Crippen molar-refractivity contribution in [2.75, 3.05) is 44.7 Å². The van der Waals surface area contributed by atoms with Gasteiger partial charge < -0.3 is 20.4 Å². The number of likely N-dealkylation sites (N-methyl/N-ethyl adjacent to an activating group) is 1. The van der Waals surface area contributed by atoms with Gasteiger partial charge >= 0.3 is 0 Å². The fourth-order valence-corrected chi connectivity index (χ4v) is 4.06.